The van der Waals surface area contributed by atoms with Crippen LogP contribution in [0, 0.1) is 16.3 Å². The highest BCUT2D eigenvalue weighted by Gasteiger charge is 2.00. The molecule has 1 rings (SSSR count). The predicted octanol–water partition coefficient (Wildman–Crippen LogP) is 2.32. The van der Waals surface area contributed by atoms with Gasteiger partial charge in [-0.1, -0.05) is 0 Å². The molecule has 0 aliphatic rings. The van der Waals surface area contributed by atoms with E-state index in [2.05, 4.69) is 22.6 Å². The van der Waals surface area contributed by atoms with Crippen molar-refractivity contribution in [2.45, 2.75) is 6.92 Å². The summed E-state index contributed by atoms with van der Waals surface area (Å²) in [6.45, 7) is 1.87. The van der Waals surface area contributed by atoms with E-state index in [1.165, 1.54) is 12.1 Å². The van der Waals surface area contributed by atoms with Gasteiger partial charge in [-0.25, -0.2) is 4.39 Å². The first-order valence-corrected chi connectivity index (χ1v) is 3.90. The van der Waals surface area contributed by atoms with E-state index < -0.39 is 0 Å². The van der Waals surface area contributed by atoms with Crippen LogP contribution in [-0.4, -0.2) is 0 Å². The molecule has 0 saturated carbocycles. The van der Waals surface area contributed by atoms with Crippen molar-refractivity contribution >= 4 is 28.3 Å². The van der Waals surface area contributed by atoms with E-state index in [1.54, 1.807) is 0 Å². The van der Waals surface area contributed by atoms with Crippen LogP contribution in [0.2, 0.25) is 0 Å². The number of halogens is 2. The second-order valence-electron chi connectivity index (χ2n) is 2.10. The third-order valence-electron chi connectivity index (χ3n) is 1.35. The minimum atomic E-state index is -0.271. The summed E-state index contributed by atoms with van der Waals surface area (Å²) in [5, 5.41) is 0. The van der Waals surface area contributed by atoms with Gasteiger partial charge in [-0.15, -0.1) is 0 Å². The SMILES string of the molecule is Cc1c(N)cc(F)cc1I. The smallest absolute Gasteiger partial charge is 0.126 e. The molecule has 3 heteroatoms. The Hall–Kier alpha value is -0.320. The van der Waals surface area contributed by atoms with Crippen molar-refractivity contribution in [1.82, 2.24) is 0 Å². The molecule has 54 valence electrons. The van der Waals surface area contributed by atoms with Crippen LogP contribution in [0.15, 0.2) is 12.1 Å². The lowest BCUT2D eigenvalue weighted by molar-refractivity contribution is 0.627. The highest BCUT2D eigenvalue weighted by Crippen LogP contribution is 2.19. The van der Waals surface area contributed by atoms with Crippen molar-refractivity contribution in [1.29, 1.82) is 0 Å². The van der Waals surface area contributed by atoms with Crippen molar-refractivity contribution in [3.05, 3.63) is 27.1 Å². The zero-order valence-corrected chi connectivity index (χ0v) is 7.65. The van der Waals surface area contributed by atoms with E-state index in [4.69, 9.17) is 5.73 Å². The van der Waals surface area contributed by atoms with Gasteiger partial charge in [-0.2, -0.15) is 0 Å². The molecule has 0 aliphatic heterocycles. The van der Waals surface area contributed by atoms with E-state index in [0.29, 0.717) is 5.69 Å². The zero-order valence-electron chi connectivity index (χ0n) is 5.49. The normalized spacial score (nSPS) is 9.90. The molecule has 0 bridgehead atoms. The van der Waals surface area contributed by atoms with E-state index in [0.717, 1.165) is 9.13 Å². The lowest BCUT2D eigenvalue weighted by Crippen LogP contribution is -1.93. The molecule has 1 aromatic rings. The fourth-order valence-corrected chi connectivity index (χ4v) is 1.27. The Bertz CT molecular complexity index is 237. The van der Waals surface area contributed by atoms with Gasteiger partial charge in [0, 0.05) is 9.26 Å². The molecule has 1 nitrogen and oxygen atoms in total. The Balaban J connectivity index is 3.31. The van der Waals surface area contributed by atoms with Gasteiger partial charge in [0.15, 0.2) is 0 Å². The number of benzene rings is 1. The van der Waals surface area contributed by atoms with Crippen LogP contribution in [0.1, 0.15) is 5.56 Å². The summed E-state index contributed by atoms with van der Waals surface area (Å²) in [6, 6.07) is 2.80. The van der Waals surface area contributed by atoms with Gasteiger partial charge in [0.1, 0.15) is 5.82 Å². The van der Waals surface area contributed by atoms with Crippen LogP contribution in [0.3, 0.4) is 0 Å². The summed E-state index contributed by atoms with van der Waals surface area (Å²) in [5.74, 6) is -0.271. The number of nitrogens with two attached hydrogens (primary N) is 1. The molecule has 0 spiro atoms. The van der Waals surface area contributed by atoms with Crippen molar-refractivity contribution in [2.75, 3.05) is 5.73 Å². The standard InChI is InChI=1S/C7H7FIN/c1-4-6(9)2-5(8)3-7(4)10/h2-3H,10H2,1H3. The van der Waals surface area contributed by atoms with Crippen LogP contribution in [0.25, 0.3) is 0 Å². The summed E-state index contributed by atoms with van der Waals surface area (Å²) < 4.78 is 13.4. The maximum absolute atomic E-state index is 12.5. The first-order chi connectivity index (χ1) is 4.61. The second kappa shape index (κ2) is 2.74. The fraction of sp³-hybridized carbons (Fsp3) is 0.143. The van der Waals surface area contributed by atoms with E-state index in [1.807, 2.05) is 6.92 Å². The Morgan fingerprint density at radius 1 is 1.50 bits per heavy atom. The Morgan fingerprint density at radius 2 is 2.10 bits per heavy atom. The maximum atomic E-state index is 12.5. The molecule has 0 amide bonds. The molecule has 0 heterocycles. The molecule has 0 aliphatic carbocycles. The molecule has 0 unspecified atom stereocenters. The lowest BCUT2D eigenvalue weighted by atomic mass is 10.2. The zero-order chi connectivity index (χ0) is 7.72. The molecule has 2 N–H and O–H groups in total. The van der Waals surface area contributed by atoms with Crippen LogP contribution in [0.5, 0.6) is 0 Å². The highest BCUT2D eigenvalue weighted by atomic mass is 127. The molecular weight excluding hydrogens is 244 g/mol. The molecule has 0 fully saturated rings. The average molecular weight is 251 g/mol. The molecule has 10 heavy (non-hydrogen) atoms. The molecule has 0 radical (unpaired) electrons. The van der Waals surface area contributed by atoms with Crippen LogP contribution in [0.4, 0.5) is 10.1 Å². The summed E-state index contributed by atoms with van der Waals surface area (Å²) in [4.78, 5) is 0. The Morgan fingerprint density at radius 3 is 2.60 bits per heavy atom. The fourth-order valence-electron chi connectivity index (χ4n) is 0.666. The summed E-state index contributed by atoms with van der Waals surface area (Å²) in [6.07, 6.45) is 0. The third-order valence-corrected chi connectivity index (χ3v) is 2.47. The topological polar surface area (TPSA) is 26.0 Å². The van der Waals surface area contributed by atoms with Crippen molar-refractivity contribution in [3.63, 3.8) is 0 Å². The van der Waals surface area contributed by atoms with E-state index in [9.17, 15) is 4.39 Å². The first kappa shape index (κ1) is 7.78. The first-order valence-electron chi connectivity index (χ1n) is 2.82. The maximum Gasteiger partial charge on any atom is 0.126 e. The number of hydrogen-bond donors (Lipinski definition) is 1. The average Bonchev–Trinajstić information content (AvgIpc) is 1.82. The number of nitrogen functional groups attached to an aromatic ring is 1. The van der Waals surface area contributed by atoms with Crippen molar-refractivity contribution in [2.24, 2.45) is 0 Å². The summed E-state index contributed by atoms with van der Waals surface area (Å²) >= 11 is 2.06. The molecule has 0 aromatic heterocycles. The quantitative estimate of drug-likeness (QED) is 0.555. The lowest BCUT2D eigenvalue weighted by Gasteiger charge is -2.01. The van der Waals surface area contributed by atoms with Crippen LogP contribution < -0.4 is 5.73 Å². The highest BCUT2D eigenvalue weighted by molar-refractivity contribution is 14.1. The number of rotatable bonds is 0. The number of anilines is 1. The minimum absolute atomic E-state index is 0.271. The molecule has 0 atom stereocenters. The summed E-state index contributed by atoms with van der Waals surface area (Å²) in [7, 11) is 0. The molecule has 1 aromatic carbocycles. The Kier molecular flexibility index (Phi) is 2.13. The van der Waals surface area contributed by atoms with Gasteiger partial charge in [0.25, 0.3) is 0 Å². The Labute approximate surface area is 72.6 Å². The van der Waals surface area contributed by atoms with Gasteiger partial charge in [-0.3, -0.25) is 0 Å². The van der Waals surface area contributed by atoms with Gasteiger partial charge in [0.05, 0.1) is 0 Å². The molecule has 0 saturated heterocycles. The van der Waals surface area contributed by atoms with E-state index in [-0.39, 0.29) is 5.82 Å². The molecular formula is C7H7FIN. The van der Waals surface area contributed by atoms with E-state index >= 15 is 0 Å². The largest absolute Gasteiger partial charge is 0.398 e. The monoisotopic (exact) mass is 251 g/mol. The van der Waals surface area contributed by atoms with Crippen molar-refractivity contribution in [3.8, 4) is 0 Å². The van der Waals surface area contributed by atoms with Gasteiger partial charge in [0.2, 0.25) is 0 Å². The predicted molar refractivity (Wildman–Crippen MR) is 48.3 cm³/mol. The van der Waals surface area contributed by atoms with Gasteiger partial charge in [-0.05, 0) is 47.2 Å². The van der Waals surface area contributed by atoms with Crippen LogP contribution >= 0.6 is 22.6 Å². The third kappa shape index (κ3) is 1.39. The second-order valence-corrected chi connectivity index (χ2v) is 3.26. The van der Waals surface area contributed by atoms with Crippen LogP contribution in [-0.2, 0) is 0 Å². The van der Waals surface area contributed by atoms with Gasteiger partial charge < -0.3 is 5.73 Å². The minimum Gasteiger partial charge on any atom is -0.398 e. The van der Waals surface area contributed by atoms with Gasteiger partial charge >= 0.3 is 0 Å². The summed E-state index contributed by atoms with van der Waals surface area (Å²) in [5.41, 5.74) is 6.94. The number of hydrogen-bond acceptors (Lipinski definition) is 1. The van der Waals surface area contributed by atoms with Crippen molar-refractivity contribution < 1.29 is 4.39 Å².